The lowest BCUT2D eigenvalue weighted by Gasteiger charge is -2.33. The van der Waals surface area contributed by atoms with E-state index in [0.29, 0.717) is 19.4 Å². The number of carboxylic acids is 1. The highest BCUT2D eigenvalue weighted by Crippen LogP contribution is 2.43. The van der Waals surface area contributed by atoms with Crippen molar-refractivity contribution in [2.75, 3.05) is 6.54 Å². The van der Waals surface area contributed by atoms with Crippen molar-refractivity contribution in [2.24, 2.45) is 11.7 Å². The lowest BCUT2D eigenvalue weighted by molar-refractivity contribution is -0.144. The molecule has 2 fully saturated rings. The first-order valence-electron chi connectivity index (χ1n) is 7.26. The lowest BCUT2D eigenvalue weighted by Crippen LogP contribution is -2.32. The molecule has 0 aromatic carbocycles. The van der Waals surface area contributed by atoms with Gasteiger partial charge in [0.25, 0.3) is 0 Å². The zero-order valence-electron chi connectivity index (χ0n) is 11.1. The van der Waals surface area contributed by atoms with Crippen molar-refractivity contribution < 1.29 is 14.6 Å². The summed E-state index contributed by atoms with van der Waals surface area (Å²) in [5, 5.41) is 9.16. The Labute approximate surface area is 109 Å². The Morgan fingerprint density at radius 3 is 2.67 bits per heavy atom. The Kier molecular flexibility index (Phi) is 4.62. The maximum Gasteiger partial charge on any atom is 0.306 e. The van der Waals surface area contributed by atoms with E-state index in [1.165, 1.54) is 19.3 Å². The van der Waals surface area contributed by atoms with Crippen LogP contribution in [0.2, 0.25) is 0 Å². The molecule has 2 rings (SSSR count). The molecule has 1 saturated heterocycles. The van der Waals surface area contributed by atoms with Gasteiger partial charge in [0.1, 0.15) is 0 Å². The Hall–Kier alpha value is -0.610. The van der Waals surface area contributed by atoms with Gasteiger partial charge in [0.05, 0.1) is 17.6 Å². The predicted octanol–water partition coefficient (Wildman–Crippen LogP) is 2.31. The predicted molar refractivity (Wildman–Crippen MR) is 69.3 cm³/mol. The van der Waals surface area contributed by atoms with Gasteiger partial charge in [-0.25, -0.2) is 0 Å². The average molecular weight is 255 g/mol. The first-order valence-corrected chi connectivity index (χ1v) is 7.26. The smallest absolute Gasteiger partial charge is 0.306 e. The molecule has 0 bridgehead atoms. The number of hydrogen-bond donors (Lipinski definition) is 2. The maximum absolute atomic E-state index is 11.1. The zero-order valence-corrected chi connectivity index (χ0v) is 11.1. The summed E-state index contributed by atoms with van der Waals surface area (Å²) in [6, 6.07) is 0. The van der Waals surface area contributed by atoms with E-state index >= 15 is 0 Å². The van der Waals surface area contributed by atoms with Gasteiger partial charge < -0.3 is 15.6 Å². The van der Waals surface area contributed by atoms with Crippen LogP contribution in [0.4, 0.5) is 0 Å². The third-order valence-electron chi connectivity index (χ3n) is 4.52. The van der Waals surface area contributed by atoms with Crippen LogP contribution in [-0.4, -0.2) is 29.3 Å². The summed E-state index contributed by atoms with van der Waals surface area (Å²) < 4.78 is 6.21. The molecule has 1 aliphatic carbocycles. The molecule has 4 heteroatoms. The molecule has 1 heterocycles. The molecule has 2 atom stereocenters. The molecule has 1 saturated carbocycles. The second-order valence-corrected chi connectivity index (χ2v) is 5.87. The highest BCUT2D eigenvalue weighted by Gasteiger charge is 2.41. The second-order valence-electron chi connectivity index (χ2n) is 5.87. The van der Waals surface area contributed by atoms with Gasteiger partial charge in [-0.1, -0.05) is 19.3 Å². The Bertz CT molecular complexity index is 287. The number of ether oxygens (including phenoxy) is 1. The van der Waals surface area contributed by atoms with Crippen LogP contribution < -0.4 is 5.73 Å². The highest BCUT2D eigenvalue weighted by molar-refractivity contribution is 5.69. The highest BCUT2D eigenvalue weighted by atomic mass is 16.5. The van der Waals surface area contributed by atoms with Crippen LogP contribution in [0, 0.1) is 5.92 Å². The summed E-state index contributed by atoms with van der Waals surface area (Å²) in [5.74, 6) is -1.06. The summed E-state index contributed by atoms with van der Waals surface area (Å²) >= 11 is 0. The number of nitrogens with two attached hydrogens (primary N) is 1. The molecule has 0 aromatic heterocycles. The first-order chi connectivity index (χ1) is 8.65. The maximum atomic E-state index is 11.1. The summed E-state index contributed by atoms with van der Waals surface area (Å²) in [6.07, 6.45) is 9.64. The molecule has 2 aliphatic rings. The van der Waals surface area contributed by atoms with Gasteiger partial charge in [-0.3, -0.25) is 4.79 Å². The normalized spacial score (nSPS) is 28.4. The van der Waals surface area contributed by atoms with E-state index in [1.54, 1.807) is 0 Å². The molecular weight excluding hydrogens is 230 g/mol. The largest absolute Gasteiger partial charge is 0.481 e. The fraction of sp³-hybridized carbons (Fsp3) is 0.929. The van der Waals surface area contributed by atoms with Crippen LogP contribution in [0.5, 0.6) is 0 Å². The van der Waals surface area contributed by atoms with E-state index in [0.717, 1.165) is 25.7 Å². The monoisotopic (exact) mass is 255 g/mol. The molecule has 18 heavy (non-hydrogen) atoms. The van der Waals surface area contributed by atoms with Crippen LogP contribution in [0.1, 0.15) is 57.8 Å². The number of hydrogen-bond acceptors (Lipinski definition) is 3. The molecule has 1 spiro atoms. The lowest BCUT2D eigenvalue weighted by atomic mass is 9.83. The van der Waals surface area contributed by atoms with Crippen LogP contribution in [0.25, 0.3) is 0 Å². The summed E-state index contributed by atoms with van der Waals surface area (Å²) in [5.41, 5.74) is 5.57. The fourth-order valence-corrected chi connectivity index (χ4v) is 3.49. The van der Waals surface area contributed by atoms with Gasteiger partial charge in [0.15, 0.2) is 0 Å². The van der Waals surface area contributed by atoms with Crippen molar-refractivity contribution in [1.29, 1.82) is 0 Å². The number of carboxylic acid groups (broad SMARTS) is 1. The van der Waals surface area contributed by atoms with Crippen LogP contribution in [0.15, 0.2) is 0 Å². The van der Waals surface area contributed by atoms with E-state index in [2.05, 4.69) is 0 Å². The summed E-state index contributed by atoms with van der Waals surface area (Å²) in [4.78, 5) is 11.1. The van der Waals surface area contributed by atoms with Crippen molar-refractivity contribution in [3.05, 3.63) is 0 Å². The molecule has 2 unspecified atom stereocenters. The Morgan fingerprint density at radius 2 is 2.06 bits per heavy atom. The summed E-state index contributed by atoms with van der Waals surface area (Å²) in [7, 11) is 0. The van der Waals surface area contributed by atoms with Crippen molar-refractivity contribution in [3.8, 4) is 0 Å². The number of carbonyl (C=O) groups is 1. The Balaban J connectivity index is 1.86. The van der Waals surface area contributed by atoms with E-state index < -0.39 is 5.97 Å². The average Bonchev–Trinajstić information content (AvgIpc) is 2.72. The van der Waals surface area contributed by atoms with E-state index in [1.807, 2.05) is 0 Å². The van der Waals surface area contributed by atoms with Gasteiger partial charge in [-0.05, 0) is 45.1 Å². The van der Waals surface area contributed by atoms with Crippen LogP contribution in [0.3, 0.4) is 0 Å². The van der Waals surface area contributed by atoms with Crippen molar-refractivity contribution in [1.82, 2.24) is 0 Å². The van der Waals surface area contributed by atoms with Crippen LogP contribution >= 0.6 is 0 Å². The molecule has 4 nitrogen and oxygen atoms in total. The molecule has 104 valence electrons. The second kappa shape index (κ2) is 6.02. The first kappa shape index (κ1) is 13.8. The van der Waals surface area contributed by atoms with Crippen molar-refractivity contribution in [3.63, 3.8) is 0 Å². The molecule has 0 aromatic rings. The van der Waals surface area contributed by atoms with E-state index in [-0.39, 0.29) is 17.6 Å². The van der Waals surface area contributed by atoms with Gasteiger partial charge >= 0.3 is 5.97 Å². The SMILES string of the molecule is NCCC(CC1CCC2(CCCCC2)O1)C(=O)O. The molecule has 0 radical (unpaired) electrons. The van der Waals surface area contributed by atoms with E-state index in [9.17, 15) is 4.79 Å². The van der Waals surface area contributed by atoms with Crippen molar-refractivity contribution >= 4 is 5.97 Å². The minimum Gasteiger partial charge on any atom is -0.481 e. The van der Waals surface area contributed by atoms with Crippen LogP contribution in [-0.2, 0) is 9.53 Å². The zero-order chi connectivity index (χ0) is 13.0. The van der Waals surface area contributed by atoms with Gasteiger partial charge in [0, 0.05) is 0 Å². The van der Waals surface area contributed by atoms with Gasteiger partial charge in [0.2, 0.25) is 0 Å². The minimum absolute atomic E-state index is 0.0919. The Morgan fingerprint density at radius 1 is 1.33 bits per heavy atom. The number of rotatable bonds is 5. The third-order valence-corrected chi connectivity index (χ3v) is 4.52. The topological polar surface area (TPSA) is 72.5 Å². The molecule has 3 N–H and O–H groups in total. The molecular formula is C14H25NO3. The third kappa shape index (κ3) is 3.23. The quantitative estimate of drug-likeness (QED) is 0.790. The standard InChI is InChI=1S/C14H25NO3/c15-9-5-11(13(16)17)10-12-4-8-14(18-12)6-2-1-3-7-14/h11-12H,1-10,15H2,(H,16,17). The minimum atomic E-state index is -0.728. The van der Waals surface area contributed by atoms with E-state index in [4.69, 9.17) is 15.6 Å². The van der Waals surface area contributed by atoms with Crippen molar-refractivity contribution in [2.45, 2.75) is 69.5 Å². The number of aliphatic carboxylic acids is 1. The van der Waals surface area contributed by atoms with Gasteiger partial charge in [-0.2, -0.15) is 0 Å². The molecule has 1 aliphatic heterocycles. The molecule has 0 amide bonds. The fourth-order valence-electron chi connectivity index (χ4n) is 3.49. The van der Waals surface area contributed by atoms with Gasteiger partial charge in [-0.15, -0.1) is 0 Å². The summed E-state index contributed by atoms with van der Waals surface area (Å²) in [6.45, 7) is 0.439.